The molecular formula is C17H28N4. The molecule has 116 valence electrons. The van der Waals surface area contributed by atoms with Crippen LogP contribution in [0.3, 0.4) is 0 Å². The maximum absolute atomic E-state index is 4.95. The Kier molecular flexibility index (Phi) is 4.61. The van der Waals surface area contributed by atoms with Gasteiger partial charge in [0.15, 0.2) is 0 Å². The number of nitrogens with one attached hydrogen (secondary N) is 1. The molecule has 0 aromatic carbocycles. The molecule has 1 saturated heterocycles. The minimum absolute atomic E-state index is 0.608. The van der Waals surface area contributed by atoms with Gasteiger partial charge in [-0.3, -0.25) is 0 Å². The van der Waals surface area contributed by atoms with Gasteiger partial charge in [-0.25, -0.2) is 9.97 Å². The van der Waals surface area contributed by atoms with E-state index in [0.29, 0.717) is 5.92 Å². The van der Waals surface area contributed by atoms with Crippen molar-refractivity contribution in [2.24, 2.45) is 0 Å². The summed E-state index contributed by atoms with van der Waals surface area (Å²) in [6.45, 7) is 7.51. The van der Waals surface area contributed by atoms with Gasteiger partial charge in [-0.1, -0.05) is 19.3 Å². The highest BCUT2D eigenvalue weighted by Crippen LogP contribution is 2.40. The Balaban J connectivity index is 1.90. The van der Waals surface area contributed by atoms with Gasteiger partial charge in [0.2, 0.25) is 0 Å². The van der Waals surface area contributed by atoms with Gasteiger partial charge in [0.25, 0.3) is 0 Å². The first kappa shape index (κ1) is 14.6. The predicted molar refractivity (Wildman–Crippen MR) is 88.2 cm³/mol. The Hall–Kier alpha value is -1.32. The van der Waals surface area contributed by atoms with E-state index in [1.54, 1.807) is 0 Å². The monoisotopic (exact) mass is 288 g/mol. The second-order valence-electron chi connectivity index (χ2n) is 6.44. The lowest BCUT2D eigenvalue weighted by Gasteiger charge is -2.28. The molecule has 2 fully saturated rings. The number of aromatic nitrogens is 2. The summed E-state index contributed by atoms with van der Waals surface area (Å²) in [6, 6.07) is 0. The van der Waals surface area contributed by atoms with Crippen LogP contribution in [0.1, 0.15) is 69.2 Å². The highest BCUT2D eigenvalue weighted by atomic mass is 15.2. The van der Waals surface area contributed by atoms with Crippen LogP contribution in [-0.2, 0) is 0 Å². The summed E-state index contributed by atoms with van der Waals surface area (Å²) >= 11 is 0. The van der Waals surface area contributed by atoms with Crippen LogP contribution in [0.2, 0.25) is 0 Å². The minimum Gasteiger partial charge on any atom is -0.370 e. The first-order chi connectivity index (χ1) is 10.3. The molecule has 1 N–H and O–H groups in total. The molecule has 1 aliphatic heterocycles. The third-order valence-corrected chi connectivity index (χ3v) is 4.58. The molecule has 0 amide bonds. The van der Waals surface area contributed by atoms with E-state index in [9.17, 15) is 0 Å². The number of hydrogen-bond acceptors (Lipinski definition) is 4. The largest absolute Gasteiger partial charge is 0.370 e. The zero-order chi connectivity index (χ0) is 14.7. The fraction of sp³-hybridized carbons (Fsp3) is 0.765. The highest BCUT2D eigenvalue weighted by Gasteiger charge is 2.29. The standard InChI is InChI=1S/C17H28N4/c1-3-18-15-13(2)17(20-16(19-15)14-9-10-14)21-11-7-5-4-6-8-12-21/h14H,3-12H2,1-2H3,(H,18,19,20). The van der Waals surface area contributed by atoms with E-state index in [0.717, 1.165) is 31.3 Å². The molecule has 3 rings (SSSR count). The molecule has 1 saturated carbocycles. The fourth-order valence-corrected chi connectivity index (χ4v) is 3.15. The highest BCUT2D eigenvalue weighted by molar-refractivity contribution is 5.59. The molecule has 0 bridgehead atoms. The van der Waals surface area contributed by atoms with Crippen molar-refractivity contribution >= 4 is 11.6 Å². The van der Waals surface area contributed by atoms with Gasteiger partial charge in [0, 0.05) is 31.1 Å². The summed E-state index contributed by atoms with van der Waals surface area (Å²) in [6.07, 6.45) is 9.21. The summed E-state index contributed by atoms with van der Waals surface area (Å²) in [4.78, 5) is 12.2. The molecule has 21 heavy (non-hydrogen) atoms. The third-order valence-electron chi connectivity index (χ3n) is 4.58. The normalized spacial score (nSPS) is 20.0. The molecule has 2 aliphatic rings. The van der Waals surface area contributed by atoms with Crippen molar-refractivity contribution < 1.29 is 0 Å². The lowest BCUT2D eigenvalue weighted by Crippen LogP contribution is -2.29. The zero-order valence-corrected chi connectivity index (χ0v) is 13.5. The molecule has 1 aromatic heterocycles. The van der Waals surface area contributed by atoms with E-state index >= 15 is 0 Å². The molecule has 1 aromatic rings. The number of anilines is 2. The van der Waals surface area contributed by atoms with Crippen LogP contribution < -0.4 is 10.2 Å². The van der Waals surface area contributed by atoms with Gasteiger partial charge in [-0.2, -0.15) is 0 Å². The molecule has 4 nitrogen and oxygen atoms in total. The van der Waals surface area contributed by atoms with Crippen LogP contribution in [0.5, 0.6) is 0 Å². The lowest BCUT2D eigenvalue weighted by molar-refractivity contribution is 0.552. The van der Waals surface area contributed by atoms with E-state index in [4.69, 9.17) is 9.97 Å². The van der Waals surface area contributed by atoms with Gasteiger partial charge >= 0.3 is 0 Å². The molecule has 0 atom stereocenters. The Bertz CT molecular complexity index is 474. The van der Waals surface area contributed by atoms with Crippen molar-refractivity contribution in [3.8, 4) is 0 Å². The van der Waals surface area contributed by atoms with Crippen LogP contribution in [0.15, 0.2) is 0 Å². The number of nitrogens with zero attached hydrogens (tertiary/aromatic N) is 3. The van der Waals surface area contributed by atoms with Gasteiger partial charge in [0.05, 0.1) is 0 Å². The molecule has 0 unspecified atom stereocenters. The fourth-order valence-electron chi connectivity index (χ4n) is 3.15. The van der Waals surface area contributed by atoms with E-state index in [2.05, 4.69) is 24.1 Å². The number of hydrogen-bond donors (Lipinski definition) is 1. The van der Waals surface area contributed by atoms with Gasteiger partial charge in [-0.05, 0) is 39.5 Å². The predicted octanol–water partition coefficient (Wildman–Crippen LogP) is 3.86. The lowest BCUT2D eigenvalue weighted by atomic mass is 10.1. The topological polar surface area (TPSA) is 41.1 Å². The minimum atomic E-state index is 0.608. The summed E-state index contributed by atoms with van der Waals surface area (Å²) in [5.41, 5.74) is 1.22. The zero-order valence-electron chi connectivity index (χ0n) is 13.5. The van der Waals surface area contributed by atoms with Crippen molar-refractivity contribution in [2.45, 2.75) is 64.7 Å². The molecule has 0 spiro atoms. The van der Waals surface area contributed by atoms with Crippen LogP contribution in [0.25, 0.3) is 0 Å². The molecular weight excluding hydrogens is 260 g/mol. The average Bonchev–Trinajstić information content (AvgIpc) is 3.26. The Labute approximate surface area is 128 Å². The van der Waals surface area contributed by atoms with E-state index in [-0.39, 0.29) is 0 Å². The summed E-state index contributed by atoms with van der Waals surface area (Å²) in [7, 11) is 0. The van der Waals surface area contributed by atoms with Crippen LogP contribution >= 0.6 is 0 Å². The van der Waals surface area contributed by atoms with Crippen LogP contribution in [0, 0.1) is 6.92 Å². The van der Waals surface area contributed by atoms with E-state index in [1.807, 2.05) is 0 Å². The summed E-state index contributed by atoms with van der Waals surface area (Å²) in [5.74, 6) is 3.90. The Morgan fingerprint density at radius 1 is 1.05 bits per heavy atom. The van der Waals surface area contributed by atoms with Gasteiger partial charge in [0.1, 0.15) is 17.5 Å². The van der Waals surface area contributed by atoms with Crippen molar-refractivity contribution in [3.63, 3.8) is 0 Å². The van der Waals surface area contributed by atoms with Crippen molar-refractivity contribution in [1.29, 1.82) is 0 Å². The Morgan fingerprint density at radius 2 is 1.71 bits per heavy atom. The molecule has 4 heteroatoms. The maximum Gasteiger partial charge on any atom is 0.137 e. The molecule has 2 heterocycles. The second-order valence-corrected chi connectivity index (χ2v) is 6.44. The van der Waals surface area contributed by atoms with Gasteiger partial charge < -0.3 is 10.2 Å². The molecule has 0 radical (unpaired) electrons. The smallest absolute Gasteiger partial charge is 0.137 e. The Morgan fingerprint density at radius 3 is 2.33 bits per heavy atom. The SMILES string of the molecule is CCNc1nc(C2CC2)nc(N2CCCCCCC2)c1C. The quantitative estimate of drug-likeness (QED) is 0.913. The summed E-state index contributed by atoms with van der Waals surface area (Å²) < 4.78 is 0. The van der Waals surface area contributed by atoms with Crippen molar-refractivity contribution in [2.75, 3.05) is 29.9 Å². The van der Waals surface area contributed by atoms with Crippen molar-refractivity contribution in [3.05, 3.63) is 11.4 Å². The first-order valence-corrected chi connectivity index (χ1v) is 8.67. The van der Waals surface area contributed by atoms with E-state index < -0.39 is 0 Å². The van der Waals surface area contributed by atoms with Gasteiger partial charge in [-0.15, -0.1) is 0 Å². The number of rotatable bonds is 4. The first-order valence-electron chi connectivity index (χ1n) is 8.67. The van der Waals surface area contributed by atoms with Crippen LogP contribution in [0.4, 0.5) is 11.6 Å². The molecule has 1 aliphatic carbocycles. The van der Waals surface area contributed by atoms with E-state index in [1.165, 1.54) is 56.3 Å². The van der Waals surface area contributed by atoms with Crippen LogP contribution in [-0.4, -0.2) is 29.6 Å². The summed E-state index contributed by atoms with van der Waals surface area (Å²) in [5, 5.41) is 3.43. The second kappa shape index (κ2) is 6.63. The average molecular weight is 288 g/mol. The maximum atomic E-state index is 4.95. The third kappa shape index (κ3) is 3.47. The van der Waals surface area contributed by atoms with Crippen molar-refractivity contribution in [1.82, 2.24) is 9.97 Å².